The Balaban J connectivity index is 1.67. The van der Waals surface area contributed by atoms with Gasteiger partial charge >= 0.3 is 0 Å². The molecule has 3 aromatic rings. The lowest BCUT2D eigenvalue weighted by Gasteiger charge is -2.10. The molecule has 0 spiro atoms. The Labute approximate surface area is 165 Å². The number of nitrogens with one attached hydrogen (secondary N) is 3. The monoisotopic (exact) mass is 451 g/mol. The van der Waals surface area contributed by atoms with E-state index in [9.17, 15) is 8.42 Å². The quantitative estimate of drug-likeness (QED) is 0.411. The van der Waals surface area contributed by atoms with E-state index >= 15 is 0 Å². The van der Waals surface area contributed by atoms with Crippen LogP contribution in [0.3, 0.4) is 0 Å². The Hall–Kier alpha value is -2.50. The fourth-order valence-electron chi connectivity index (χ4n) is 2.39. The Morgan fingerprint density at radius 2 is 2.11 bits per heavy atom. The van der Waals surface area contributed by atoms with Gasteiger partial charge in [-0.2, -0.15) is 4.98 Å². The molecule has 0 bridgehead atoms. The Bertz CT molecular complexity index is 1010. The van der Waals surface area contributed by atoms with Gasteiger partial charge in [-0.25, -0.2) is 23.5 Å². The van der Waals surface area contributed by atoms with Crippen molar-refractivity contribution in [2.75, 3.05) is 17.2 Å². The number of rotatable bonds is 8. The van der Waals surface area contributed by atoms with Gasteiger partial charge in [-0.15, -0.1) is 0 Å². The van der Waals surface area contributed by atoms with E-state index in [0.29, 0.717) is 29.6 Å². The first-order chi connectivity index (χ1) is 12.9. The minimum atomic E-state index is -3.59. The van der Waals surface area contributed by atoms with Crippen LogP contribution in [-0.4, -0.2) is 34.9 Å². The number of anilines is 3. The number of imidazole rings is 1. The van der Waals surface area contributed by atoms with Gasteiger partial charge in [0.05, 0.1) is 16.6 Å². The van der Waals surface area contributed by atoms with Gasteiger partial charge in [0.1, 0.15) is 5.82 Å². The molecule has 27 heavy (non-hydrogen) atoms. The maximum atomic E-state index is 11.3. The number of sulfonamides is 1. The molecule has 0 saturated carbocycles. The molecule has 0 saturated heterocycles. The van der Waals surface area contributed by atoms with Crippen molar-refractivity contribution in [1.82, 2.24) is 19.9 Å². The summed E-state index contributed by atoms with van der Waals surface area (Å²) >= 11 is 3.42. The van der Waals surface area contributed by atoms with Crippen LogP contribution in [-0.2, 0) is 22.2 Å². The molecule has 0 unspecified atom stereocenters. The molecule has 0 amide bonds. The van der Waals surface area contributed by atoms with Crippen molar-refractivity contribution in [2.24, 2.45) is 5.14 Å². The number of nitrogens with zero attached hydrogens (tertiary/aromatic N) is 3. The molecular formula is C16H18BrN7O2S. The van der Waals surface area contributed by atoms with Crippen LogP contribution in [0.2, 0.25) is 0 Å². The summed E-state index contributed by atoms with van der Waals surface area (Å²) < 4.78 is 23.2. The number of hydrogen-bond donors (Lipinski definition) is 4. The van der Waals surface area contributed by atoms with E-state index in [4.69, 9.17) is 5.14 Å². The molecule has 11 heteroatoms. The topological polar surface area (TPSA) is 139 Å². The fraction of sp³-hybridized carbons (Fsp3) is 0.188. The Morgan fingerprint density at radius 1 is 1.26 bits per heavy atom. The molecule has 142 valence electrons. The van der Waals surface area contributed by atoms with E-state index in [-0.39, 0.29) is 5.75 Å². The zero-order valence-corrected chi connectivity index (χ0v) is 16.6. The Morgan fingerprint density at radius 3 is 2.85 bits per heavy atom. The van der Waals surface area contributed by atoms with Crippen molar-refractivity contribution in [1.29, 1.82) is 0 Å². The van der Waals surface area contributed by atoms with E-state index in [1.807, 2.05) is 0 Å². The molecule has 0 atom stereocenters. The van der Waals surface area contributed by atoms with Crippen LogP contribution >= 0.6 is 15.9 Å². The number of hydrogen-bond acceptors (Lipinski definition) is 7. The average molecular weight is 452 g/mol. The van der Waals surface area contributed by atoms with Crippen molar-refractivity contribution in [2.45, 2.75) is 12.2 Å². The van der Waals surface area contributed by atoms with Crippen molar-refractivity contribution < 1.29 is 8.42 Å². The molecule has 2 aromatic heterocycles. The molecule has 0 aliphatic heterocycles. The predicted octanol–water partition coefficient (Wildman–Crippen LogP) is 2.15. The number of aromatic amines is 1. The predicted molar refractivity (Wildman–Crippen MR) is 107 cm³/mol. The van der Waals surface area contributed by atoms with Crippen molar-refractivity contribution >= 4 is 43.4 Å². The van der Waals surface area contributed by atoms with Crippen molar-refractivity contribution in [3.63, 3.8) is 0 Å². The van der Waals surface area contributed by atoms with Crippen LogP contribution in [0.5, 0.6) is 0 Å². The minimum Gasteiger partial charge on any atom is -0.369 e. The molecule has 0 aliphatic rings. The first-order valence-corrected chi connectivity index (χ1v) is 10.5. The zero-order valence-electron chi connectivity index (χ0n) is 14.2. The lowest BCUT2D eigenvalue weighted by molar-refractivity contribution is 0.597. The molecule has 1 aromatic carbocycles. The van der Waals surface area contributed by atoms with Gasteiger partial charge in [0, 0.05) is 36.7 Å². The van der Waals surface area contributed by atoms with E-state index < -0.39 is 10.0 Å². The highest BCUT2D eigenvalue weighted by molar-refractivity contribution is 9.10. The average Bonchev–Trinajstić information content (AvgIpc) is 3.10. The van der Waals surface area contributed by atoms with Crippen LogP contribution in [0.1, 0.15) is 11.3 Å². The first kappa shape index (κ1) is 19.3. The van der Waals surface area contributed by atoms with Gasteiger partial charge in [0.15, 0.2) is 0 Å². The summed E-state index contributed by atoms with van der Waals surface area (Å²) in [5.74, 6) is 0.798. The van der Waals surface area contributed by atoms with Gasteiger partial charge in [-0.1, -0.05) is 12.1 Å². The van der Waals surface area contributed by atoms with Crippen LogP contribution in [0, 0.1) is 0 Å². The number of benzene rings is 1. The lowest BCUT2D eigenvalue weighted by atomic mass is 10.2. The maximum Gasteiger partial charge on any atom is 0.229 e. The van der Waals surface area contributed by atoms with Gasteiger partial charge < -0.3 is 15.6 Å². The number of aromatic nitrogens is 4. The second-order valence-electron chi connectivity index (χ2n) is 5.78. The summed E-state index contributed by atoms with van der Waals surface area (Å²) in [7, 11) is -3.59. The summed E-state index contributed by atoms with van der Waals surface area (Å²) in [6, 6.07) is 6.93. The fourth-order valence-corrected chi connectivity index (χ4v) is 3.36. The van der Waals surface area contributed by atoms with Crippen LogP contribution in [0.4, 0.5) is 17.5 Å². The van der Waals surface area contributed by atoms with E-state index in [0.717, 1.165) is 16.6 Å². The third-order valence-corrected chi connectivity index (χ3v) is 4.85. The van der Waals surface area contributed by atoms with Gasteiger partial charge in [-0.3, -0.25) is 0 Å². The van der Waals surface area contributed by atoms with Crippen LogP contribution in [0.25, 0.3) is 0 Å². The largest absolute Gasteiger partial charge is 0.369 e. The standard InChI is InChI=1S/C16H18BrN7O2S/c17-14-8-21-16(24-15(14)20-5-4-13-7-19-10-22-13)23-12-3-1-2-11(6-12)9-27(18,25)26/h1-3,6-8,10H,4-5,9H2,(H,19,22)(H2,18,25,26)(H2,20,21,23,24). The summed E-state index contributed by atoms with van der Waals surface area (Å²) in [4.78, 5) is 15.7. The molecule has 0 radical (unpaired) electrons. The lowest BCUT2D eigenvalue weighted by Crippen LogP contribution is -2.14. The van der Waals surface area contributed by atoms with E-state index in [1.54, 1.807) is 43.0 Å². The summed E-state index contributed by atoms with van der Waals surface area (Å²) in [6.45, 7) is 0.668. The minimum absolute atomic E-state index is 0.232. The maximum absolute atomic E-state index is 11.3. The van der Waals surface area contributed by atoms with Crippen molar-refractivity contribution in [3.05, 3.63) is 58.7 Å². The normalized spacial score (nSPS) is 11.3. The van der Waals surface area contributed by atoms with E-state index in [2.05, 4.69) is 46.5 Å². The molecule has 0 fully saturated rings. The smallest absolute Gasteiger partial charge is 0.229 e. The number of halogens is 1. The van der Waals surface area contributed by atoms with Gasteiger partial charge in [0.25, 0.3) is 0 Å². The van der Waals surface area contributed by atoms with E-state index in [1.165, 1.54) is 0 Å². The summed E-state index contributed by atoms with van der Waals surface area (Å²) in [5, 5.41) is 11.4. The second kappa shape index (κ2) is 8.46. The second-order valence-corrected chi connectivity index (χ2v) is 8.25. The Kier molecular flexibility index (Phi) is 6.04. The molecule has 9 nitrogen and oxygen atoms in total. The summed E-state index contributed by atoms with van der Waals surface area (Å²) in [5.41, 5.74) is 2.28. The number of primary sulfonamides is 1. The highest BCUT2D eigenvalue weighted by Gasteiger charge is 2.08. The SMILES string of the molecule is NS(=O)(=O)Cc1cccc(Nc2ncc(Br)c(NCCc3cnc[nH]3)n2)c1. The molecule has 3 rings (SSSR count). The first-order valence-electron chi connectivity index (χ1n) is 7.99. The molecule has 5 N–H and O–H groups in total. The highest BCUT2D eigenvalue weighted by atomic mass is 79.9. The number of nitrogens with two attached hydrogens (primary N) is 1. The van der Waals surface area contributed by atoms with Gasteiger partial charge in [-0.05, 0) is 33.6 Å². The number of H-pyrrole nitrogens is 1. The highest BCUT2D eigenvalue weighted by Crippen LogP contribution is 2.22. The zero-order chi connectivity index (χ0) is 19.3. The third kappa shape index (κ3) is 6.01. The van der Waals surface area contributed by atoms with Gasteiger partial charge in [0.2, 0.25) is 16.0 Å². The summed E-state index contributed by atoms with van der Waals surface area (Å²) in [6.07, 6.45) is 5.83. The molecule has 0 aliphatic carbocycles. The van der Waals surface area contributed by atoms with Crippen LogP contribution < -0.4 is 15.8 Å². The molecule has 2 heterocycles. The van der Waals surface area contributed by atoms with Crippen molar-refractivity contribution in [3.8, 4) is 0 Å². The third-order valence-electron chi connectivity index (χ3n) is 3.54. The van der Waals surface area contributed by atoms with Crippen LogP contribution in [0.15, 0.2) is 47.5 Å². The molecular weight excluding hydrogens is 434 g/mol.